The van der Waals surface area contributed by atoms with E-state index >= 15 is 0 Å². The van der Waals surface area contributed by atoms with Gasteiger partial charge in [0.1, 0.15) is 10.1 Å². The Balaban J connectivity index is 1.39. The molecule has 7 heteroatoms. The number of carbonyl (C=O) groups excluding carboxylic acids is 1. The van der Waals surface area contributed by atoms with Gasteiger partial charge in [-0.2, -0.15) is 0 Å². The molecular weight excluding hydrogens is 366 g/mol. The first-order valence-corrected chi connectivity index (χ1v) is 10.4. The van der Waals surface area contributed by atoms with Gasteiger partial charge < -0.3 is 4.74 Å². The number of rotatable bonds is 5. The number of aromatic nitrogens is 1. The van der Waals surface area contributed by atoms with E-state index in [9.17, 15) is 4.79 Å². The van der Waals surface area contributed by atoms with Crippen LogP contribution in [0.1, 0.15) is 12.0 Å². The lowest BCUT2D eigenvalue weighted by atomic mass is 9.98. The number of ether oxygens (including phenoxy) is 1. The molecule has 3 atom stereocenters. The summed E-state index contributed by atoms with van der Waals surface area (Å²) >= 11 is 3.34. The van der Waals surface area contributed by atoms with E-state index in [1.54, 1.807) is 29.7 Å². The third-order valence-electron chi connectivity index (χ3n) is 4.47. The normalized spacial score (nSPS) is 26.8. The first kappa shape index (κ1) is 17.5. The number of carbonyl (C=O) groups is 1. The zero-order valence-electron chi connectivity index (χ0n) is 14.4. The number of allylic oxidation sites excluding steroid dienone is 2. The Morgan fingerprint density at radius 2 is 2.23 bits per heavy atom. The number of hydrogen-bond donors (Lipinski definition) is 0. The number of methoxy groups -OCH3 is 1. The van der Waals surface area contributed by atoms with Crippen LogP contribution in [-0.4, -0.2) is 51.2 Å². The van der Waals surface area contributed by atoms with E-state index in [1.807, 2.05) is 12.3 Å². The van der Waals surface area contributed by atoms with Gasteiger partial charge in [-0.25, -0.2) is 4.79 Å². The molecule has 3 unspecified atom stereocenters. The minimum atomic E-state index is -0.396. The van der Waals surface area contributed by atoms with Crippen molar-refractivity contribution in [2.75, 3.05) is 12.9 Å². The zero-order valence-corrected chi connectivity index (χ0v) is 16.0. The molecule has 0 aromatic carbocycles. The van der Waals surface area contributed by atoms with Gasteiger partial charge in [-0.15, -0.1) is 11.8 Å². The smallest absolute Gasteiger partial charge is 0.331 e. The van der Waals surface area contributed by atoms with E-state index in [4.69, 9.17) is 9.73 Å². The molecule has 0 radical (unpaired) electrons. The molecule has 134 valence electrons. The third-order valence-corrected chi connectivity index (χ3v) is 6.86. The van der Waals surface area contributed by atoms with E-state index in [0.29, 0.717) is 11.0 Å². The molecule has 1 aromatic rings. The average molecular weight is 386 g/mol. The Kier molecular flexibility index (Phi) is 5.26. The molecule has 0 bridgehead atoms. The van der Waals surface area contributed by atoms with Crippen LogP contribution in [0.25, 0.3) is 0 Å². The van der Waals surface area contributed by atoms with Crippen molar-refractivity contribution in [3.05, 3.63) is 53.9 Å². The Morgan fingerprint density at radius 3 is 3.04 bits per heavy atom. The molecule has 1 aliphatic carbocycles. The quantitative estimate of drug-likeness (QED) is 0.729. The number of pyridine rings is 1. The maximum atomic E-state index is 11.6. The summed E-state index contributed by atoms with van der Waals surface area (Å²) in [6.07, 6.45) is 12.4. The van der Waals surface area contributed by atoms with Gasteiger partial charge in [-0.3, -0.25) is 15.0 Å². The van der Waals surface area contributed by atoms with Crippen LogP contribution in [0.2, 0.25) is 0 Å². The van der Waals surface area contributed by atoms with Gasteiger partial charge in [0.15, 0.2) is 6.04 Å². The lowest BCUT2D eigenvalue weighted by molar-refractivity contribution is -0.141. The van der Waals surface area contributed by atoms with Gasteiger partial charge in [0.05, 0.1) is 18.4 Å². The molecule has 3 heterocycles. The predicted molar refractivity (Wildman–Crippen MR) is 108 cm³/mol. The fraction of sp³-hybridized carbons (Fsp3) is 0.368. The maximum absolute atomic E-state index is 11.6. The first-order chi connectivity index (χ1) is 12.7. The summed E-state index contributed by atoms with van der Waals surface area (Å²) in [7, 11) is 1.40. The van der Waals surface area contributed by atoms with E-state index < -0.39 is 6.04 Å². The lowest BCUT2D eigenvalue weighted by Crippen LogP contribution is -2.19. The minimum absolute atomic E-state index is 0.164. The molecule has 0 N–H and O–H groups in total. The number of nitrogens with zero attached hydrogens (tertiary/aromatic N) is 3. The largest absolute Gasteiger partial charge is 0.467 e. The minimum Gasteiger partial charge on any atom is -0.467 e. The van der Waals surface area contributed by atoms with Crippen LogP contribution in [0.15, 0.2) is 58.3 Å². The molecule has 2 aliphatic heterocycles. The van der Waals surface area contributed by atoms with E-state index in [2.05, 4.69) is 34.3 Å². The number of aliphatic imine (C=N–C) groups is 2. The second-order valence-corrected chi connectivity index (χ2v) is 8.43. The Hall–Kier alpha value is -1.86. The molecule has 0 amide bonds. The average Bonchev–Trinajstić information content (AvgIpc) is 3.33. The molecule has 0 fully saturated rings. The Labute approximate surface area is 161 Å². The van der Waals surface area contributed by atoms with Crippen molar-refractivity contribution in [1.82, 2.24) is 4.98 Å². The van der Waals surface area contributed by atoms with Gasteiger partial charge in [-0.05, 0) is 24.5 Å². The highest BCUT2D eigenvalue weighted by atomic mass is 32.2. The SMILES string of the molecule is COC(=O)C1CSC(C2=NC3C=CC(CCc4cccnc4)=CC3S2)=N1. The summed E-state index contributed by atoms with van der Waals surface area (Å²) in [6.45, 7) is 0. The number of esters is 1. The summed E-state index contributed by atoms with van der Waals surface area (Å²) in [5.41, 5.74) is 2.60. The van der Waals surface area contributed by atoms with Crippen LogP contribution in [0.5, 0.6) is 0 Å². The van der Waals surface area contributed by atoms with Crippen molar-refractivity contribution in [2.24, 2.45) is 9.98 Å². The molecule has 0 spiro atoms. The fourth-order valence-corrected chi connectivity index (χ4v) is 5.42. The Morgan fingerprint density at radius 1 is 1.31 bits per heavy atom. The summed E-state index contributed by atoms with van der Waals surface area (Å²) in [6, 6.07) is 3.86. The highest BCUT2D eigenvalue weighted by Gasteiger charge is 2.35. The molecule has 5 nitrogen and oxygen atoms in total. The standard InChI is InChI=1S/C19H19N3O2S2/c1-24-19(23)15-11-25-17(22-15)18-21-14-7-6-12(9-16(14)26-18)4-5-13-3-2-8-20-10-13/h2-3,6-10,14-16H,4-5,11H2,1H3. The lowest BCUT2D eigenvalue weighted by Gasteiger charge is -2.16. The van der Waals surface area contributed by atoms with Crippen molar-refractivity contribution in [3.63, 3.8) is 0 Å². The van der Waals surface area contributed by atoms with Crippen LogP contribution in [0, 0.1) is 0 Å². The number of hydrogen-bond acceptors (Lipinski definition) is 7. The highest BCUT2D eigenvalue weighted by Crippen LogP contribution is 2.37. The number of fused-ring (bicyclic) bond motifs is 1. The Bertz CT molecular complexity index is 817. The summed E-state index contributed by atoms with van der Waals surface area (Å²) < 4.78 is 4.79. The van der Waals surface area contributed by atoms with Gasteiger partial charge in [0.25, 0.3) is 0 Å². The fourth-order valence-electron chi connectivity index (χ4n) is 3.07. The van der Waals surface area contributed by atoms with E-state index in [-0.39, 0.29) is 12.0 Å². The molecule has 1 aromatic heterocycles. The van der Waals surface area contributed by atoms with Crippen molar-refractivity contribution in [3.8, 4) is 0 Å². The second-order valence-electron chi connectivity index (χ2n) is 6.25. The number of aryl methyl sites for hydroxylation is 1. The number of thioether (sulfide) groups is 2. The first-order valence-electron chi connectivity index (χ1n) is 8.54. The molecular formula is C19H19N3O2S2. The van der Waals surface area contributed by atoms with Crippen LogP contribution in [-0.2, 0) is 16.0 Å². The summed E-state index contributed by atoms with van der Waals surface area (Å²) in [4.78, 5) is 25.1. The van der Waals surface area contributed by atoms with Crippen LogP contribution in [0.3, 0.4) is 0 Å². The van der Waals surface area contributed by atoms with E-state index in [1.165, 1.54) is 18.2 Å². The van der Waals surface area contributed by atoms with Crippen molar-refractivity contribution in [1.29, 1.82) is 0 Å². The molecule has 26 heavy (non-hydrogen) atoms. The van der Waals surface area contributed by atoms with Gasteiger partial charge in [-0.1, -0.05) is 41.6 Å². The topological polar surface area (TPSA) is 63.9 Å². The summed E-state index contributed by atoms with van der Waals surface area (Å²) in [5, 5.41) is 2.14. The molecule has 0 saturated carbocycles. The monoisotopic (exact) mass is 385 g/mol. The predicted octanol–water partition coefficient (Wildman–Crippen LogP) is 3.08. The van der Waals surface area contributed by atoms with Crippen LogP contribution >= 0.6 is 23.5 Å². The third kappa shape index (κ3) is 3.78. The zero-order chi connectivity index (χ0) is 17.9. The van der Waals surface area contributed by atoms with Gasteiger partial charge in [0.2, 0.25) is 0 Å². The van der Waals surface area contributed by atoms with Crippen molar-refractivity contribution < 1.29 is 9.53 Å². The molecule has 0 saturated heterocycles. The highest BCUT2D eigenvalue weighted by molar-refractivity contribution is 8.25. The summed E-state index contributed by atoms with van der Waals surface area (Å²) in [5.74, 6) is 0.366. The molecule has 3 aliphatic rings. The van der Waals surface area contributed by atoms with Gasteiger partial charge in [0, 0.05) is 18.1 Å². The van der Waals surface area contributed by atoms with Crippen molar-refractivity contribution in [2.45, 2.75) is 30.2 Å². The van der Waals surface area contributed by atoms with Crippen LogP contribution in [0.4, 0.5) is 0 Å². The van der Waals surface area contributed by atoms with E-state index in [0.717, 1.165) is 22.9 Å². The maximum Gasteiger partial charge on any atom is 0.331 e. The van der Waals surface area contributed by atoms with Crippen molar-refractivity contribution >= 4 is 39.6 Å². The van der Waals surface area contributed by atoms with Gasteiger partial charge >= 0.3 is 5.97 Å². The molecule has 4 rings (SSSR count). The second kappa shape index (κ2) is 7.80. The van der Waals surface area contributed by atoms with Crippen LogP contribution < -0.4 is 0 Å².